The summed E-state index contributed by atoms with van der Waals surface area (Å²) in [5, 5.41) is 8.54. The number of benzene rings is 2. The molecule has 6 nitrogen and oxygen atoms in total. The van der Waals surface area contributed by atoms with Gasteiger partial charge in [-0.15, -0.1) is 0 Å². The first kappa shape index (κ1) is 19.4. The molecule has 144 valence electrons. The van der Waals surface area contributed by atoms with Gasteiger partial charge in [-0.05, 0) is 55.3 Å². The lowest BCUT2D eigenvalue weighted by Gasteiger charge is -2.11. The quantitative estimate of drug-likeness (QED) is 0.531. The van der Waals surface area contributed by atoms with Crippen molar-refractivity contribution < 1.29 is 4.79 Å². The lowest BCUT2D eigenvalue weighted by Crippen LogP contribution is -2.18. The number of nitrogens with zero attached hydrogens (tertiary/aromatic N) is 4. The number of amides is 1. The maximum Gasteiger partial charge on any atom is 0.271 e. The van der Waals surface area contributed by atoms with Crippen molar-refractivity contribution in [1.29, 1.82) is 0 Å². The second-order valence-corrected chi connectivity index (χ2v) is 6.97. The van der Waals surface area contributed by atoms with Crippen molar-refractivity contribution in [2.45, 2.75) is 20.4 Å². The molecule has 28 heavy (non-hydrogen) atoms. The largest absolute Gasteiger partial charge is 0.378 e. The Morgan fingerprint density at radius 2 is 1.89 bits per heavy atom. The van der Waals surface area contributed by atoms with Crippen LogP contribution >= 0.6 is 0 Å². The molecule has 6 heteroatoms. The Kier molecular flexibility index (Phi) is 5.89. The van der Waals surface area contributed by atoms with Crippen LogP contribution in [0.3, 0.4) is 0 Å². The minimum Gasteiger partial charge on any atom is -0.378 e. The Morgan fingerprint density at radius 1 is 1.14 bits per heavy atom. The number of carbonyl (C=O) groups is 1. The highest BCUT2D eigenvalue weighted by Crippen LogP contribution is 2.12. The molecule has 0 radical (unpaired) electrons. The predicted molar refractivity (Wildman–Crippen MR) is 113 cm³/mol. The zero-order valence-electron chi connectivity index (χ0n) is 16.7. The minimum absolute atomic E-state index is 0.239. The summed E-state index contributed by atoms with van der Waals surface area (Å²) in [7, 11) is 3.98. The Hall–Kier alpha value is -3.41. The Bertz CT molecular complexity index is 986. The van der Waals surface area contributed by atoms with Gasteiger partial charge in [0.1, 0.15) is 0 Å². The van der Waals surface area contributed by atoms with Crippen LogP contribution in [-0.4, -0.2) is 36.0 Å². The van der Waals surface area contributed by atoms with Crippen LogP contribution in [0.15, 0.2) is 59.7 Å². The number of rotatable bonds is 6. The van der Waals surface area contributed by atoms with Crippen LogP contribution in [0.25, 0.3) is 0 Å². The van der Waals surface area contributed by atoms with Gasteiger partial charge in [0, 0.05) is 31.0 Å². The highest BCUT2D eigenvalue weighted by molar-refractivity contribution is 5.95. The van der Waals surface area contributed by atoms with Crippen LogP contribution in [0.4, 0.5) is 5.69 Å². The van der Waals surface area contributed by atoms with E-state index in [2.05, 4.69) is 15.6 Å². The summed E-state index contributed by atoms with van der Waals surface area (Å²) in [5.74, 6) is -0.239. The van der Waals surface area contributed by atoms with E-state index < -0.39 is 0 Å². The molecule has 0 fully saturated rings. The van der Waals surface area contributed by atoms with Gasteiger partial charge < -0.3 is 4.90 Å². The summed E-state index contributed by atoms with van der Waals surface area (Å²) < 4.78 is 1.93. The van der Waals surface area contributed by atoms with Crippen molar-refractivity contribution in [2.75, 3.05) is 19.0 Å². The van der Waals surface area contributed by atoms with Gasteiger partial charge in [0.05, 0.1) is 18.5 Å². The average Bonchev–Trinajstić information content (AvgIpc) is 2.99. The maximum atomic E-state index is 12.4. The van der Waals surface area contributed by atoms with Crippen molar-refractivity contribution >= 4 is 17.8 Å². The molecule has 0 saturated heterocycles. The van der Waals surface area contributed by atoms with Gasteiger partial charge in [-0.3, -0.25) is 9.48 Å². The molecule has 2 aromatic carbocycles. The zero-order valence-corrected chi connectivity index (χ0v) is 16.7. The van der Waals surface area contributed by atoms with Crippen LogP contribution in [0.1, 0.15) is 32.9 Å². The van der Waals surface area contributed by atoms with E-state index in [0.29, 0.717) is 12.1 Å². The average molecular weight is 375 g/mol. The topological polar surface area (TPSA) is 62.5 Å². The van der Waals surface area contributed by atoms with E-state index in [1.165, 1.54) is 0 Å². The standard InChI is InChI=1S/C22H25N5O/c1-16-12-17(2)27(25-16)15-19-6-5-7-20(13-19)22(28)24-23-14-18-8-10-21(11-9-18)26(3)4/h5-14H,15H2,1-4H3,(H,24,28)/b23-14+. The third kappa shape index (κ3) is 4.85. The highest BCUT2D eigenvalue weighted by Gasteiger charge is 2.07. The molecular weight excluding hydrogens is 350 g/mol. The summed E-state index contributed by atoms with van der Waals surface area (Å²) in [4.78, 5) is 14.4. The molecule has 1 aromatic heterocycles. The minimum atomic E-state index is -0.239. The number of nitrogens with one attached hydrogen (secondary N) is 1. The summed E-state index contributed by atoms with van der Waals surface area (Å²) in [6, 6.07) is 17.5. The first-order valence-corrected chi connectivity index (χ1v) is 9.13. The van der Waals surface area contributed by atoms with Crippen molar-refractivity contribution in [3.05, 3.63) is 82.7 Å². The molecule has 1 amide bonds. The fourth-order valence-corrected chi connectivity index (χ4v) is 2.91. The highest BCUT2D eigenvalue weighted by atomic mass is 16.2. The molecule has 0 atom stereocenters. The second kappa shape index (κ2) is 8.52. The summed E-state index contributed by atoms with van der Waals surface area (Å²) >= 11 is 0. The molecule has 0 bridgehead atoms. The monoisotopic (exact) mass is 375 g/mol. The van der Waals surface area contributed by atoms with Gasteiger partial charge in [0.2, 0.25) is 0 Å². The van der Waals surface area contributed by atoms with Crippen molar-refractivity contribution in [3.63, 3.8) is 0 Å². The molecule has 3 aromatic rings. The van der Waals surface area contributed by atoms with Crippen LogP contribution in [0.2, 0.25) is 0 Å². The van der Waals surface area contributed by atoms with Gasteiger partial charge in [-0.2, -0.15) is 10.2 Å². The van der Waals surface area contributed by atoms with Crippen molar-refractivity contribution in [1.82, 2.24) is 15.2 Å². The van der Waals surface area contributed by atoms with E-state index in [1.54, 1.807) is 12.3 Å². The molecule has 1 N–H and O–H groups in total. The fraction of sp³-hybridized carbons (Fsp3) is 0.227. The van der Waals surface area contributed by atoms with Crippen molar-refractivity contribution in [3.8, 4) is 0 Å². The normalized spacial score (nSPS) is 11.0. The van der Waals surface area contributed by atoms with Crippen molar-refractivity contribution in [2.24, 2.45) is 5.10 Å². The van der Waals surface area contributed by atoms with Gasteiger partial charge in [0.15, 0.2) is 0 Å². The third-order valence-electron chi connectivity index (χ3n) is 4.41. The van der Waals surface area contributed by atoms with E-state index in [4.69, 9.17) is 0 Å². The first-order chi connectivity index (χ1) is 13.4. The third-order valence-corrected chi connectivity index (χ3v) is 4.41. The molecule has 0 aliphatic rings. The van der Waals surface area contributed by atoms with E-state index in [0.717, 1.165) is 28.2 Å². The SMILES string of the molecule is Cc1cc(C)n(Cc2cccc(C(=O)N/N=C/c3ccc(N(C)C)cc3)c2)n1. The first-order valence-electron chi connectivity index (χ1n) is 9.13. The molecule has 0 saturated carbocycles. The van der Waals surface area contributed by atoms with Gasteiger partial charge >= 0.3 is 0 Å². The summed E-state index contributed by atoms with van der Waals surface area (Å²) in [5.41, 5.74) is 8.29. The molecule has 3 rings (SSSR count). The van der Waals surface area contributed by atoms with E-state index in [-0.39, 0.29) is 5.91 Å². The van der Waals surface area contributed by atoms with Gasteiger partial charge in [-0.1, -0.05) is 24.3 Å². The van der Waals surface area contributed by atoms with E-state index in [1.807, 2.05) is 86.1 Å². The number of hydrogen-bond acceptors (Lipinski definition) is 4. The van der Waals surface area contributed by atoms with Gasteiger partial charge in [-0.25, -0.2) is 5.43 Å². The predicted octanol–water partition coefficient (Wildman–Crippen LogP) is 3.38. The lowest BCUT2D eigenvalue weighted by atomic mass is 10.1. The lowest BCUT2D eigenvalue weighted by molar-refractivity contribution is 0.0955. The van der Waals surface area contributed by atoms with E-state index in [9.17, 15) is 4.79 Å². The van der Waals surface area contributed by atoms with Gasteiger partial charge in [0.25, 0.3) is 5.91 Å². The van der Waals surface area contributed by atoms with Crippen LogP contribution in [0.5, 0.6) is 0 Å². The van der Waals surface area contributed by atoms with Crippen LogP contribution in [0, 0.1) is 13.8 Å². The van der Waals surface area contributed by atoms with Crippen LogP contribution in [-0.2, 0) is 6.54 Å². The Morgan fingerprint density at radius 3 is 2.54 bits per heavy atom. The summed E-state index contributed by atoms with van der Waals surface area (Å²) in [6.45, 7) is 4.62. The molecule has 0 aliphatic carbocycles. The zero-order chi connectivity index (χ0) is 20.1. The Balaban J connectivity index is 1.63. The number of carbonyl (C=O) groups excluding carboxylic acids is 1. The molecule has 0 unspecified atom stereocenters. The maximum absolute atomic E-state index is 12.4. The number of hydrazone groups is 1. The number of aromatic nitrogens is 2. The number of anilines is 1. The smallest absolute Gasteiger partial charge is 0.271 e. The molecular formula is C22H25N5O. The fourth-order valence-electron chi connectivity index (χ4n) is 2.91. The van der Waals surface area contributed by atoms with Crippen LogP contribution < -0.4 is 10.3 Å². The Labute approximate surface area is 165 Å². The van der Waals surface area contributed by atoms with E-state index >= 15 is 0 Å². The molecule has 0 aliphatic heterocycles. The number of hydrogen-bond donors (Lipinski definition) is 1. The molecule has 0 spiro atoms. The molecule has 1 heterocycles. The second-order valence-electron chi connectivity index (χ2n) is 6.97. The summed E-state index contributed by atoms with van der Waals surface area (Å²) in [6.07, 6.45) is 1.64. The number of aryl methyl sites for hydroxylation is 2.